The maximum absolute atomic E-state index is 12.7. The maximum Gasteiger partial charge on any atom is 0.250 e. The Hall–Kier alpha value is -2.90. The van der Waals surface area contributed by atoms with Crippen molar-refractivity contribution in [2.75, 3.05) is 23.7 Å². The van der Waals surface area contributed by atoms with Crippen molar-refractivity contribution in [3.05, 3.63) is 36.9 Å². The van der Waals surface area contributed by atoms with Gasteiger partial charge in [-0.05, 0) is 25.0 Å². The molecule has 8 heteroatoms. The molecule has 0 unspecified atom stereocenters. The fourth-order valence-corrected chi connectivity index (χ4v) is 3.72. The second kappa shape index (κ2) is 6.44. The van der Waals surface area contributed by atoms with Gasteiger partial charge in [0.05, 0.1) is 23.8 Å². The van der Waals surface area contributed by atoms with Crippen molar-refractivity contribution in [3.8, 4) is 0 Å². The molecule has 2 aliphatic rings. The summed E-state index contributed by atoms with van der Waals surface area (Å²) in [7, 11) is 0. The van der Waals surface area contributed by atoms with Crippen molar-refractivity contribution in [1.29, 1.82) is 0 Å². The number of hydrogen-bond donors (Lipinski definition) is 2. The molecule has 1 spiro atoms. The minimum atomic E-state index is -0.639. The average Bonchev–Trinajstić information content (AvgIpc) is 3.16. The van der Waals surface area contributed by atoms with E-state index in [9.17, 15) is 9.59 Å². The fourth-order valence-electron chi connectivity index (χ4n) is 3.72. The van der Waals surface area contributed by atoms with Gasteiger partial charge in [0.15, 0.2) is 0 Å². The van der Waals surface area contributed by atoms with E-state index >= 15 is 0 Å². The minimum absolute atomic E-state index is 0.0148. The number of nitrogens with zero attached hydrogens (tertiary/aromatic N) is 4. The monoisotopic (exact) mass is 354 g/mol. The summed E-state index contributed by atoms with van der Waals surface area (Å²) >= 11 is 0. The van der Waals surface area contributed by atoms with E-state index in [0.29, 0.717) is 32.5 Å². The summed E-state index contributed by atoms with van der Waals surface area (Å²) in [4.78, 5) is 31.1. The Balaban J connectivity index is 1.41. The van der Waals surface area contributed by atoms with Gasteiger partial charge in [0.1, 0.15) is 18.2 Å². The number of rotatable bonds is 3. The van der Waals surface area contributed by atoms with Crippen LogP contribution in [-0.2, 0) is 16.1 Å². The third-order valence-electron chi connectivity index (χ3n) is 5.26. The van der Waals surface area contributed by atoms with E-state index in [0.717, 1.165) is 11.4 Å². The zero-order valence-corrected chi connectivity index (χ0v) is 14.7. The van der Waals surface area contributed by atoms with Gasteiger partial charge >= 0.3 is 0 Å². The lowest BCUT2D eigenvalue weighted by molar-refractivity contribution is -0.138. The molecule has 136 valence electrons. The summed E-state index contributed by atoms with van der Waals surface area (Å²) in [5.74, 6) is -0.106. The standard InChI is InChI=1S/C18H22N6O2/c1-13(10-24-12-19-11-20-24)16(25)23-8-6-18(7-9-23)17(26)21-14-4-2-3-5-15(14)22-18/h2-5,11-13,22H,6-10H2,1H3,(H,21,26)/t13-/m0/s1. The zero-order valence-electron chi connectivity index (χ0n) is 14.7. The normalized spacial score (nSPS) is 19.4. The topological polar surface area (TPSA) is 92.2 Å². The smallest absolute Gasteiger partial charge is 0.250 e. The van der Waals surface area contributed by atoms with Crippen LogP contribution in [0.1, 0.15) is 19.8 Å². The Bertz CT molecular complexity index is 811. The molecular weight excluding hydrogens is 332 g/mol. The first-order chi connectivity index (χ1) is 12.6. The number of aromatic nitrogens is 3. The quantitative estimate of drug-likeness (QED) is 0.868. The molecule has 0 aliphatic carbocycles. The number of fused-ring (bicyclic) bond motifs is 1. The van der Waals surface area contributed by atoms with Crippen LogP contribution in [0.2, 0.25) is 0 Å². The highest BCUT2D eigenvalue weighted by Gasteiger charge is 2.45. The van der Waals surface area contributed by atoms with Crippen molar-refractivity contribution in [3.63, 3.8) is 0 Å². The van der Waals surface area contributed by atoms with Crippen LogP contribution in [-0.4, -0.2) is 50.1 Å². The van der Waals surface area contributed by atoms with Crippen LogP contribution in [0.4, 0.5) is 11.4 Å². The van der Waals surface area contributed by atoms with Crippen LogP contribution < -0.4 is 10.6 Å². The summed E-state index contributed by atoms with van der Waals surface area (Å²) in [5.41, 5.74) is 1.11. The van der Waals surface area contributed by atoms with Crippen molar-refractivity contribution in [1.82, 2.24) is 19.7 Å². The predicted octanol–water partition coefficient (Wildman–Crippen LogP) is 1.34. The van der Waals surface area contributed by atoms with E-state index in [1.54, 1.807) is 11.0 Å². The molecule has 2 aromatic rings. The van der Waals surface area contributed by atoms with Gasteiger partial charge in [0, 0.05) is 13.1 Å². The van der Waals surface area contributed by atoms with Crippen molar-refractivity contribution >= 4 is 23.2 Å². The Morgan fingerprint density at radius 3 is 2.69 bits per heavy atom. The maximum atomic E-state index is 12.7. The van der Waals surface area contributed by atoms with Gasteiger partial charge in [0.25, 0.3) is 0 Å². The number of hydrogen-bond acceptors (Lipinski definition) is 5. The highest BCUT2D eigenvalue weighted by Crippen LogP contribution is 2.36. The largest absolute Gasteiger partial charge is 0.369 e. The van der Waals surface area contributed by atoms with E-state index in [-0.39, 0.29) is 17.7 Å². The van der Waals surface area contributed by atoms with Crippen molar-refractivity contribution in [2.24, 2.45) is 5.92 Å². The van der Waals surface area contributed by atoms with Gasteiger partial charge in [-0.15, -0.1) is 0 Å². The predicted molar refractivity (Wildman–Crippen MR) is 96.4 cm³/mol. The molecule has 0 saturated carbocycles. The van der Waals surface area contributed by atoms with Crippen molar-refractivity contribution in [2.45, 2.75) is 31.8 Å². The molecule has 2 aliphatic heterocycles. The summed E-state index contributed by atoms with van der Waals surface area (Å²) < 4.78 is 1.67. The Kier molecular flexibility index (Phi) is 4.10. The Labute approximate surface area is 151 Å². The molecule has 1 fully saturated rings. The van der Waals surface area contributed by atoms with Gasteiger partial charge < -0.3 is 15.5 Å². The first-order valence-electron chi connectivity index (χ1n) is 8.87. The fraction of sp³-hybridized carbons (Fsp3) is 0.444. The SMILES string of the molecule is C[C@@H](Cn1cncn1)C(=O)N1CCC2(CC1)Nc1ccccc1NC2=O. The van der Waals surface area contributed by atoms with Crippen LogP contribution in [0.25, 0.3) is 0 Å². The summed E-state index contributed by atoms with van der Waals surface area (Å²) in [6, 6.07) is 7.70. The minimum Gasteiger partial charge on any atom is -0.369 e. The molecule has 26 heavy (non-hydrogen) atoms. The van der Waals surface area contributed by atoms with Gasteiger partial charge in [-0.2, -0.15) is 5.10 Å². The lowest BCUT2D eigenvalue weighted by Crippen LogP contribution is -2.59. The lowest BCUT2D eigenvalue weighted by atomic mass is 9.84. The van der Waals surface area contributed by atoms with E-state index in [2.05, 4.69) is 20.7 Å². The molecule has 0 bridgehead atoms. The lowest BCUT2D eigenvalue weighted by Gasteiger charge is -2.44. The van der Waals surface area contributed by atoms with Gasteiger partial charge in [-0.1, -0.05) is 19.1 Å². The second-order valence-corrected chi connectivity index (χ2v) is 7.05. The molecule has 2 amide bonds. The number of nitrogens with one attached hydrogen (secondary N) is 2. The average molecular weight is 354 g/mol. The third-order valence-corrected chi connectivity index (χ3v) is 5.26. The van der Waals surface area contributed by atoms with Crippen LogP contribution in [0.3, 0.4) is 0 Å². The molecule has 3 heterocycles. The summed E-state index contributed by atoms with van der Waals surface area (Å²) in [5, 5.41) is 10.5. The molecule has 1 aromatic heterocycles. The summed E-state index contributed by atoms with van der Waals surface area (Å²) in [6.45, 7) is 3.52. The van der Waals surface area contributed by atoms with Crippen LogP contribution in [0, 0.1) is 5.92 Å². The van der Waals surface area contributed by atoms with Gasteiger partial charge in [-0.25, -0.2) is 4.98 Å². The number of carbonyl (C=O) groups excluding carboxylic acids is 2. The van der Waals surface area contributed by atoms with Gasteiger partial charge in [0.2, 0.25) is 11.8 Å². The van der Waals surface area contributed by atoms with E-state index in [1.165, 1.54) is 6.33 Å². The molecule has 0 radical (unpaired) electrons. The number of likely N-dealkylation sites (tertiary alicyclic amines) is 1. The van der Waals surface area contributed by atoms with Crippen molar-refractivity contribution < 1.29 is 9.59 Å². The number of carbonyl (C=O) groups is 2. The number of para-hydroxylation sites is 2. The molecule has 2 N–H and O–H groups in total. The zero-order chi connectivity index (χ0) is 18.1. The highest BCUT2D eigenvalue weighted by atomic mass is 16.2. The Morgan fingerprint density at radius 2 is 2.00 bits per heavy atom. The first-order valence-corrected chi connectivity index (χ1v) is 8.87. The first kappa shape index (κ1) is 16.6. The molecule has 1 saturated heterocycles. The number of amides is 2. The van der Waals surface area contributed by atoms with E-state index < -0.39 is 5.54 Å². The van der Waals surface area contributed by atoms with E-state index in [1.807, 2.05) is 36.1 Å². The Morgan fingerprint density at radius 1 is 1.27 bits per heavy atom. The molecule has 4 rings (SSSR count). The number of benzene rings is 1. The molecular formula is C18H22N6O2. The van der Waals surface area contributed by atoms with Crippen LogP contribution in [0.15, 0.2) is 36.9 Å². The third kappa shape index (κ3) is 2.91. The van der Waals surface area contributed by atoms with E-state index in [4.69, 9.17) is 0 Å². The molecule has 1 atom stereocenters. The van der Waals surface area contributed by atoms with Crippen LogP contribution >= 0.6 is 0 Å². The number of piperidine rings is 1. The molecule has 1 aromatic carbocycles. The molecule has 8 nitrogen and oxygen atoms in total. The second-order valence-electron chi connectivity index (χ2n) is 7.05. The van der Waals surface area contributed by atoms with Gasteiger partial charge in [-0.3, -0.25) is 14.3 Å². The summed E-state index contributed by atoms with van der Waals surface area (Å²) in [6.07, 6.45) is 4.26. The highest BCUT2D eigenvalue weighted by molar-refractivity contribution is 6.06. The van der Waals surface area contributed by atoms with Crippen LogP contribution in [0.5, 0.6) is 0 Å². The number of anilines is 2.